The molecule has 156 valence electrons. The largest absolute Gasteiger partial charge is 0.324 e. The van der Waals surface area contributed by atoms with Crippen LogP contribution >= 0.6 is 0 Å². The topological polar surface area (TPSA) is 75.3 Å². The van der Waals surface area contributed by atoms with Crippen LogP contribution in [0.3, 0.4) is 0 Å². The first-order valence-corrected chi connectivity index (χ1v) is 11.4. The Balaban J connectivity index is 1.64. The molecule has 0 radical (unpaired) electrons. The Kier molecular flexibility index (Phi) is 6.11. The van der Waals surface area contributed by atoms with Crippen LogP contribution in [-0.4, -0.2) is 20.4 Å². The molecule has 0 fully saturated rings. The third-order valence-corrected chi connectivity index (χ3v) is 6.49. The lowest BCUT2D eigenvalue weighted by molar-refractivity contribution is -0.117. The van der Waals surface area contributed by atoms with Gasteiger partial charge < -0.3 is 5.32 Å². The molecule has 6 heteroatoms. The molecule has 31 heavy (non-hydrogen) atoms. The van der Waals surface area contributed by atoms with Crippen LogP contribution in [0.1, 0.15) is 5.56 Å². The second-order valence-corrected chi connectivity index (χ2v) is 8.91. The monoisotopic (exact) mass is 430 g/mol. The summed E-state index contributed by atoms with van der Waals surface area (Å²) >= 11 is 0. The van der Waals surface area contributed by atoms with E-state index < -0.39 is 22.0 Å². The SMILES string of the molecule is O=C(Nc1cccc2ccccc12)[C@@H](Cc1ccccc1)NS(=O)(=O)c1ccccc1. The van der Waals surface area contributed by atoms with E-state index in [-0.39, 0.29) is 11.3 Å². The van der Waals surface area contributed by atoms with E-state index in [0.717, 1.165) is 16.3 Å². The summed E-state index contributed by atoms with van der Waals surface area (Å²) in [5.74, 6) is -0.417. The van der Waals surface area contributed by atoms with Crippen LogP contribution in [-0.2, 0) is 21.2 Å². The second kappa shape index (κ2) is 9.12. The summed E-state index contributed by atoms with van der Waals surface area (Å²) in [5, 5.41) is 4.80. The molecule has 0 heterocycles. The molecule has 5 nitrogen and oxygen atoms in total. The van der Waals surface area contributed by atoms with Crippen molar-refractivity contribution in [3.63, 3.8) is 0 Å². The Morgan fingerprint density at radius 3 is 2.10 bits per heavy atom. The van der Waals surface area contributed by atoms with Crippen molar-refractivity contribution in [1.29, 1.82) is 0 Å². The van der Waals surface area contributed by atoms with Crippen molar-refractivity contribution < 1.29 is 13.2 Å². The third kappa shape index (κ3) is 4.99. The van der Waals surface area contributed by atoms with E-state index in [1.54, 1.807) is 18.2 Å². The fraction of sp³-hybridized carbons (Fsp3) is 0.0800. The number of nitrogens with one attached hydrogen (secondary N) is 2. The Bertz CT molecular complexity index is 1280. The Morgan fingerprint density at radius 1 is 0.742 bits per heavy atom. The molecule has 0 aliphatic heterocycles. The smallest absolute Gasteiger partial charge is 0.242 e. The van der Waals surface area contributed by atoms with Crippen molar-refractivity contribution in [3.05, 3.63) is 109 Å². The molecule has 2 N–H and O–H groups in total. The molecule has 0 saturated carbocycles. The predicted octanol–water partition coefficient (Wildman–Crippen LogP) is 4.37. The number of sulfonamides is 1. The van der Waals surface area contributed by atoms with Gasteiger partial charge in [0.25, 0.3) is 0 Å². The number of hydrogen-bond acceptors (Lipinski definition) is 3. The number of hydrogen-bond donors (Lipinski definition) is 2. The molecule has 4 aromatic rings. The lowest BCUT2D eigenvalue weighted by Crippen LogP contribution is -2.45. The van der Waals surface area contributed by atoms with Crippen molar-refractivity contribution >= 4 is 32.4 Å². The molecule has 0 saturated heterocycles. The molecule has 0 aliphatic rings. The van der Waals surface area contributed by atoms with Crippen molar-refractivity contribution in [2.24, 2.45) is 0 Å². The molecule has 0 aliphatic carbocycles. The quantitative estimate of drug-likeness (QED) is 0.457. The highest BCUT2D eigenvalue weighted by Crippen LogP contribution is 2.23. The molecule has 0 aromatic heterocycles. The zero-order valence-electron chi connectivity index (χ0n) is 16.7. The van der Waals surface area contributed by atoms with E-state index >= 15 is 0 Å². The second-order valence-electron chi connectivity index (χ2n) is 7.19. The van der Waals surface area contributed by atoms with Crippen LogP contribution in [0.4, 0.5) is 5.69 Å². The number of anilines is 1. The maximum absolute atomic E-state index is 13.2. The lowest BCUT2D eigenvalue weighted by Gasteiger charge is -2.19. The average molecular weight is 431 g/mol. The van der Waals surface area contributed by atoms with Crippen molar-refractivity contribution in [2.75, 3.05) is 5.32 Å². The van der Waals surface area contributed by atoms with Gasteiger partial charge in [0.15, 0.2) is 0 Å². The minimum Gasteiger partial charge on any atom is -0.324 e. The summed E-state index contributed by atoms with van der Waals surface area (Å²) in [6, 6.07) is 29.8. The van der Waals surface area contributed by atoms with Gasteiger partial charge in [-0.25, -0.2) is 8.42 Å². The molecule has 0 unspecified atom stereocenters. The van der Waals surface area contributed by atoms with Crippen LogP contribution in [0.15, 0.2) is 108 Å². The number of benzene rings is 4. The number of amides is 1. The fourth-order valence-corrected chi connectivity index (χ4v) is 4.66. The van der Waals surface area contributed by atoms with E-state index in [0.29, 0.717) is 5.69 Å². The molecule has 4 aromatic carbocycles. The van der Waals surface area contributed by atoms with Crippen LogP contribution < -0.4 is 10.0 Å². The van der Waals surface area contributed by atoms with Gasteiger partial charge in [0.1, 0.15) is 6.04 Å². The van der Waals surface area contributed by atoms with Crippen LogP contribution in [0.2, 0.25) is 0 Å². The summed E-state index contributed by atoms with van der Waals surface area (Å²) in [6.45, 7) is 0. The zero-order valence-corrected chi connectivity index (χ0v) is 17.5. The summed E-state index contributed by atoms with van der Waals surface area (Å²) in [4.78, 5) is 13.3. The molecule has 0 spiro atoms. The minimum absolute atomic E-state index is 0.117. The number of rotatable bonds is 7. The van der Waals surface area contributed by atoms with Gasteiger partial charge in [-0.2, -0.15) is 4.72 Å². The van der Waals surface area contributed by atoms with Crippen molar-refractivity contribution in [3.8, 4) is 0 Å². The molecule has 1 amide bonds. The van der Waals surface area contributed by atoms with Gasteiger partial charge in [0, 0.05) is 11.1 Å². The zero-order chi connectivity index (χ0) is 21.7. The first-order chi connectivity index (χ1) is 15.0. The van der Waals surface area contributed by atoms with Crippen LogP contribution in [0.25, 0.3) is 10.8 Å². The molecule has 0 bridgehead atoms. The molecule has 1 atom stereocenters. The Morgan fingerprint density at radius 2 is 1.35 bits per heavy atom. The van der Waals surface area contributed by atoms with Crippen LogP contribution in [0, 0.1) is 0 Å². The third-order valence-electron chi connectivity index (χ3n) is 5.00. The van der Waals surface area contributed by atoms with Gasteiger partial charge in [-0.3, -0.25) is 4.79 Å². The number of carbonyl (C=O) groups excluding carboxylic acids is 1. The molecular weight excluding hydrogens is 408 g/mol. The van der Waals surface area contributed by atoms with E-state index in [2.05, 4.69) is 10.0 Å². The van der Waals surface area contributed by atoms with Gasteiger partial charge in [0.2, 0.25) is 15.9 Å². The molecular formula is C25H22N2O3S. The fourth-order valence-electron chi connectivity index (χ4n) is 3.45. The molecule has 4 rings (SSSR count). The van der Waals surface area contributed by atoms with Gasteiger partial charge in [0.05, 0.1) is 4.90 Å². The average Bonchev–Trinajstić information content (AvgIpc) is 2.80. The lowest BCUT2D eigenvalue weighted by atomic mass is 10.1. The maximum atomic E-state index is 13.2. The van der Waals surface area contributed by atoms with Crippen LogP contribution in [0.5, 0.6) is 0 Å². The van der Waals surface area contributed by atoms with Crippen molar-refractivity contribution in [2.45, 2.75) is 17.4 Å². The minimum atomic E-state index is -3.87. The summed E-state index contributed by atoms with van der Waals surface area (Å²) in [5.41, 5.74) is 1.50. The standard InChI is InChI=1S/C25H22N2O3S/c28-25(26-23-17-9-13-20-12-7-8-16-22(20)23)24(18-19-10-3-1-4-11-19)27-31(29,30)21-14-5-2-6-15-21/h1-17,24,27H,18H2,(H,26,28)/t24-/m1/s1. The summed E-state index contributed by atoms with van der Waals surface area (Å²) in [6.07, 6.45) is 0.226. The van der Waals surface area contributed by atoms with E-state index in [4.69, 9.17) is 0 Å². The van der Waals surface area contributed by atoms with Crippen molar-refractivity contribution in [1.82, 2.24) is 4.72 Å². The first-order valence-electron chi connectivity index (χ1n) is 9.93. The predicted molar refractivity (Wildman–Crippen MR) is 123 cm³/mol. The number of carbonyl (C=O) groups is 1. The van der Waals surface area contributed by atoms with Gasteiger partial charge in [-0.15, -0.1) is 0 Å². The number of fused-ring (bicyclic) bond motifs is 1. The highest BCUT2D eigenvalue weighted by Gasteiger charge is 2.26. The Hall–Kier alpha value is -3.48. The highest BCUT2D eigenvalue weighted by molar-refractivity contribution is 7.89. The normalized spacial score (nSPS) is 12.4. The maximum Gasteiger partial charge on any atom is 0.242 e. The van der Waals surface area contributed by atoms with Gasteiger partial charge in [-0.05, 0) is 35.6 Å². The van der Waals surface area contributed by atoms with E-state index in [1.165, 1.54) is 12.1 Å². The van der Waals surface area contributed by atoms with Gasteiger partial charge in [-0.1, -0.05) is 84.9 Å². The van der Waals surface area contributed by atoms with Gasteiger partial charge >= 0.3 is 0 Å². The first kappa shape index (κ1) is 20.8. The summed E-state index contributed by atoms with van der Waals surface area (Å²) < 4.78 is 28.4. The summed E-state index contributed by atoms with van der Waals surface area (Å²) in [7, 11) is -3.87. The Labute approximate surface area is 181 Å². The highest BCUT2D eigenvalue weighted by atomic mass is 32.2. The van der Waals surface area contributed by atoms with E-state index in [9.17, 15) is 13.2 Å². The van der Waals surface area contributed by atoms with E-state index in [1.807, 2.05) is 72.8 Å².